The number of likely N-dealkylation sites (tertiary alicyclic amines) is 1. The summed E-state index contributed by atoms with van der Waals surface area (Å²) in [6, 6.07) is 12.5. The lowest BCUT2D eigenvalue weighted by Crippen LogP contribution is -2.38. The van der Waals surface area contributed by atoms with Gasteiger partial charge in [0.1, 0.15) is 0 Å². The lowest BCUT2D eigenvalue weighted by molar-refractivity contribution is -0.111. The fraction of sp³-hybridized carbons (Fsp3) is 0.333. The Kier molecular flexibility index (Phi) is 7.12. The molecule has 0 spiro atoms. The van der Waals surface area contributed by atoms with E-state index in [2.05, 4.69) is 12.2 Å². The van der Waals surface area contributed by atoms with Crippen LogP contribution in [-0.2, 0) is 4.79 Å². The van der Waals surface area contributed by atoms with Gasteiger partial charge in [-0.15, -0.1) is 0 Å². The Morgan fingerprint density at radius 2 is 1.73 bits per heavy atom. The van der Waals surface area contributed by atoms with E-state index < -0.39 is 0 Å². The van der Waals surface area contributed by atoms with Gasteiger partial charge in [-0.2, -0.15) is 0 Å². The van der Waals surface area contributed by atoms with E-state index in [1.54, 1.807) is 44.6 Å². The summed E-state index contributed by atoms with van der Waals surface area (Å²) in [6.07, 6.45) is 5.14. The zero-order valence-electron chi connectivity index (χ0n) is 17.7. The van der Waals surface area contributed by atoms with Crippen LogP contribution in [0.2, 0.25) is 0 Å². The van der Waals surface area contributed by atoms with Gasteiger partial charge in [-0.1, -0.05) is 25.1 Å². The van der Waals surface area contributed by atoms with Crippen molar-refractivity contribution < 1.29 is 19.1 Å². The van der Waals surface area contributed by atoms with Gasteiger partial charge in [0.15, 0.2) is 11.5 Å². The third-order valence-electron chi connectivity index (χ3n) is 5.32. The quantitative estimate of drug-likeness (QED) is 0.727. The van der Waals surface area contributed by atoms with Crippen molar-refractivity contribution in [1.29, 1.82) is 0 Å². The third-order valence-corrected chi connectivity index (χ3v) is 5.32. The molecule has 0 radical (unpaired) electrons. The lowest BCUT2D eigenvalue weighted by atomic mass is 9.98. The number of hydrogen-bond acceptors (Lipinski definition) is 4. The largest absolute Gasteiger partial charge is 0.493 e. The summed E-state index contributed by atoms with van der Waals surface area (Å²) in [5, 5.41) is 2.83. The van der Waals surface area contributed by atoms with Crippen molar-refractivity contribution in [1.82, 2.24) is 4.90 Å². The molecule has 158 valence electrons. The Hall–Kier alpha value is -3.28. The van der Waals surface area contributed by atoms with Crippen molar-refractivity contribution in [2.75, 3.05) is 32.6 Å². The van der Waals surface area contributed by atoms with Crippen LogP contribution in [0.15, 0.2) is 48.5 Å². The molecular weight excluding hydrogens is 380 g/mol. The fourth-order valence-electron chi connectivity index (χ4n) is 3.46. The van der Waals surface area contributed by atoms with Crippen LogP contribution in [0.1, 0.15) is 35.7 Å². The van der Waals surface area contributed by atoms with Gasteiger partial charge in [0.25, 0.3) is 5.91 Å². The van der Waals surface area contributed by atoms with Crippen LogP contribution < -0.4 is 14.8 Å². The number of piperidine rings is 1. The zero-order chi connectivity index (χ0) is 21.5. The van der Waals surface area contributed by atoms with Crippen LogP contribution in [0.5, 0.6) is 11.5 Å². The molecule has 0 unspecified atom stereocenters. The summed E-state index contributed by atoms with van der Waals surface area (Å²) >= 11 is 0. The van der Waals surface area contributed by atoms with Gasteiger partial charge in [-0.25, -0.2) is 0 Å². The third kappa shape index (κ3) is 5.20. The van der Waals surface area contributed by atoms with E-state index in [0.717, 1.165) is 31.5 Å². The van der Waals surface area contributed by atoms with E-state index in [9.17, 15) is 9.59 Å². The molecule has 2 aromatic carbocycles. The number of amides is 2. The number of methoxy groups -OCH3 is 2. The van der Waals surface area contributed by atoms with Crippen LogP contribution in [0.3, 0.4) is 0 Å². The molecule has 6 heteroatoms. The first-order chi connectivity index (χ1) is 14.5. The lowest BCUT2D eigenvalue weighted by Gasteiger charge is -2.30. The van der Waals surface area contributed by atoms with Gasteiger partial charge in [0.2, 0.25) is 5.91 Å². The smallest absolute Gasteiger partial charge is 0.255 e. The summed E-state index contributed by atoms with van der Waals surface area (Å²) in [4.78, 5) is 27.3. The fourth-order valence-corrected chi connectivity index (χ4v) is 3.46. The average molecular weight is 408 g/mol. The molecule has 1 saturated heterocycles. The Bertz CT molecular complexity index is 931. The summed E-state index contributed by atoms with van der Waals surface area (Å²) < 4.78 is 10.5. The van der Waals surface area contributed by atoms with Crippen molar-refractivity contribution in [3.63, 3.8) is 0 Å². The molecule has 0 aromatic heterocycles. The second kappa shape index (κ2) is 9.96. The predicted molar refractivity (Wildman–Crippen MR) is 118 cm³/mol. The molecule has 3 rings (SSSR count). The molecule has 0 atom stereocenters. The van der Waals surface area contributed by atoms with Gasteiger partial charge < -0.3 is 19.7 Å². The molecule has 1 heterocycles. The minimum absolute atomic E-state index is 0.0401. The van der Waals surface area contributed by atoms with E-state index in [4.69, 9.17) is 9.47 Å². The minimum atomic E-state index is -0.308. The Labute approximate surface area is 177 Å². The number of rotatable bonds is 6. The zero-order valence-corrected chi connectivity index (χ0v) is 17.7. The van der Waals surface area contributed by atoms with E-state index in [1.807, 2.05) is 23.1 Å². The maximum absolute atomic E-state index is 12.9. The highest BCUT2D eigenvalue weighted by molar-refractivity contribution is 6.07. The van der Waals surface area contributed by atoms with Crippen molar-refractivity contribution >= 4 is 23.6 Å². The SMILES string of the molecule is COc1ccc(/C=C/C(=O)Nc2ccccc2C(=O)N2CCC(C)CC2)cc1OC. The molecule has 1 fully saturated rings. The minimum Gasteiger partial charge on any atom is -0.493 e. The maximum atomic E-state index is 12.9. The summed E-state index contributed by atoms with van der Waals surface area (Å²) in [6.45, 7) is 3.71. The molecule has 0 aliphatic carbocycles. The summed E-state index contributed by atoms with van der Waals surface area (Å²) in [7, 11) is 3.14. The normalized spacial score (nSPS) is 14.6. The molecule has 1 N–H and O–H groups in total. The molecule has 30 heavy (non-hydrogen) atoms. The Morgan fingerprint density at radius 3 is 2.43 bits per heavy atom. The van der Waals surface area contributed by atoms with Gasteiger partial charge in [-0.05, 0) is 54.7 Å². The van der Waals surface area contributed by atoms with Gasteiger partial charge in [-0.3, -0.25) is 9.59 Å². The predicted octanol–water partition coefficient (Wildman–Crippen LogP) is 4.23. The van der Waals surface area contributed by atoms with Crippen molar-refractivity contribution in [2.45, 2.75) is 19.8 Å². The Morgan fingerprint density at radius 1 is 1.03 bits per heavy atom. The number of nitrogens with zero attached hydrogens (tertiary/aromatic N) is 1. The average Bonchev–Trinajstić information content (AvgIpc) is 2.78. The number of carbonyl (C=O) groups is 2. The highest BCUT2D eigenvalue weighted by Gasteiger charge is 2.23. The first kappa shape index (κ1) is 21.4. The first-order valence-corrected chi connectivity index (χ1v) is 10.1. The topological polar surface area (TPSA) is 67.9 Å². The van der Waals surface area contributed by atoms with E-state index in [0.29, 0.717) is 28.7 Å². The number of ether oxygens (including phenoxy) is 2. The van der Waals surface area contributed by atoms with Crippen LogP contribution in [0.4, 0.5) is 5.69 Å². The van der Waals surface area contributed by atoms with Crippen molar-refractivity contribution in [2.24, 2.45) is 5.92 Å². The molecule has 6 nitrogen and oxygen atoms in total. The monoisotopic (exact) mass is 408 g/mol. The number of carbonyl (C=O) groups excluding carboxylic acids is 2. The van der Waals surface area contributed by atoms with Crippen LogP contribution in [-0.4, -0.2) is 44.0 Å². The number of benzene rings is 2. The highest BCUT2D eigenvalue weighted by Crippen LogP contribution is 2.28. The van der Waals surface area contributed by atoms with E-state index >= 15 is 0 Å². The molecule has 2 amide bonds. The second-order valence-electron chi connectivity index (χ2n) is 7.46. The molecule has 2 aromatic rings. The van der Waals surface area contributed by atoms with Crippen molar-refractivity contribution in [3.05, 3.63) is 59.7 Å². The number of hydrogen-bond donors (Lipinski definition) is 1. The van der Waals surface area contributed by atoms with E-state index in [1.165, 1.54) is 6.08 Å². The first-order valence-electron chi connectivity index (χ1n) is 10.1. The van der Waals surface area contributed by atoms with Crippen LogP contribution in [0.25, 0.3) is 6.08 Å². The standard InChI is InChI=1S/C24H28N2O4/c1-17-12-14-26(15-13-17)24(28)19-6-4-5-7-20(19)25-23(27)11-9-18-8-10-21(29-2)22(16-18)30-3/h4-11,16-17H,12-15H2,1-3H3,(H,25,27)/b11-9+. The Balaban J connectivity index is 1.70. The van der Waals surface area contributed by atoms with Crippen molar-refractivity contribution in [3.8, 4) is 11.5 Å². The van der Waals surface area contributed by atoms with Crippen LogP contribution >= 0.6 is 0 Å². The molecule has 1 aliphatic rings. The second-order valence-corrected chi connectivity index (χ2v) is 7.46. The van der Waals surface area contributed by atoms with E-state index in [-0.39, 0.29) is 11.8 Å². The summed E-state index contributed by atoms with van der Waals surface area (Å²) in [5.74, 6) is 1.51. The number of anilines is 1. The van der Waals surface area contributed by atoms with Gasteiger partial charge in [0, 0.05) is 19.2 Å². The van der Waals surface area contributed by atoms with Gasteiger partial charge in [0.05, 0.1) is 25.5 Å². The maximum Gasteiger partial charge on any atom is 0.255 e. The number of para-hydroxylation sites is 1. The van der Waals surface area contributed by atoms with Crippen LogP contribution in [0, 0.1) is 5.92 Å². The summed E-state index contributed by atoms with van der Waals surface area (Å²) in [5.41, 5.74) is 1.83. The van der Waals surface area contributed by atoms with Gasteiger partial charge >= 0.3 is 0 Å². The highest BCUT2D eigenvalue weighted by atomic mass is 16.5. The number of nitrogens with one attached hydrogen (secondary N) is 1. The molecule has 1 aliphatic heterocycles. The molecular formula is C24H28N2O4. The molecule has 0 saturated carbocycles. The molecule has 0 bridgehead atoms.